The van der Waals surface area contributed by atoms with Gasteiger partial charge >= 0.3 is 11.7 Å². The predicted molar refractivity (Wildman–Crippen MR) is 92.7 cm³/mol. The summed E-state index contributed by atoms with van der Waals surface area (Å²) in [6.07, 6.45) is 5.10. The Hall–Kier alpha value is -2.38. The molecular weight excluding hydrogens is 324 g/mol. The van der Waals surface area contributed by atoms with E-state index in [1.54, 1.807) is 0 Å². The second-order valence-corrected chi connectivity index (χ2v) is 6.52. The summed E-state index contributed by atoms with van der Waals surface area (Å²) in [7, 11) is 1.31. The number of carbonyl (C=O) groups excluding carboxylic acids is 1. The maximum Gasteiger partial charge on any atom is 0.332 e. The summed E-state index contributed by atoms with van der Waals surface area (Å²) in [5, 5.41) is 0. The topological polar surface area (TPSA) is 99.0 Å². The zero-order valence-electron chi connectivity index (χ0n) is 14.7. The Morgan fingerprint density at radius 3 is 2.60 bits per heavy atom. The Morgan fingerprint density at radius 2 is 1.96 bits per heavy atom. The maximum absolute atomic E-state index is 12.7. The summed E-state index contributed by atoms with van der Waals surface area (Å²) in [6.45, 7) is 2.39. The Balaban J connectivity index is 2.14. The van der Waals surface area contributed by atoms with Crippen LogP contribution in [0.2, 0.25) is 0 Å². The summed E-state index contributed by atoms with van der Waals surface area (Å²) < 4.78 is 7.29. The van der Waals surface area contributed by atoms with Crippen molar-refractivity contribution >= 4 is 17.1 Å². The molecule has 136 valence electrons. The average molecular weight is 348 g/mol. The molecule has 25 heavy (non-hydrogen) atoms. The van der Waals surface area contributed by atoms with Crippen molar-refractivity contribution in [2.75, 3.05) is 7.11 Å². The van der Waals surface area contributed by atoms with Crippen molar-refractivity contribution in [2.24, 2.45) is 0 Å². The highest BCUT2D eigenvalue weighted by molar-refractivity contribution is 5.71. The lowest BCUT2D eigenvalue weighted by molar-refractivity contribution is -0.140. The average Bonchev–Trinajstić information content (AvgIpc) is 3.27. The molecule has 0 aromatic carbocycles. The van der Waals surface area contributed by atoms with Crippen LogP contribution in [0.15, 0.2) is 9.59 Å². The number of fused-ring (bicyclic) bond motifs is 1. The third-order valence-corrected chi connectivity index (χ3v) is 4.84. The second-order valence-electron chi connectivity index (χ2n) is 6.52. The van der Waals surface area contributed by atoms with Crippen LogP contribution in [0.5, 0.6) is 0 Å². The molecule has 2 aromatic heterocycles. The van der Waals surface area contributed by atoms with Crippen LogP contribution in [0.25, 0.3) is 11.2 Å². The first kappa shape index (κ1) is 17.4. The summed E-state index contributed by atoms with van der Waals surface area (Å²) in [4.78, 5) is 44.7. The lowest BCUT2D eigenvalue weighted by Crippen LogP contribution is -2.40. The van der Waals surface area contributed by atoms with Crippen LogP contribution in [-0.2, 0) is 22.6 Å². The van der Waals surface area contributed by atoms with Gasteiger partial charge in [-0.15, -0.1) is 0 Å². The van der Waals surface area contributed by atoms with Crippen LogP contribution < -0.4 is 11.2 Å². The van der Waals surface area contributed by atoms with E-state index in [1.807, 2.05) is 6.92 Å². The zero-order valence-corrected chi connectivity index (χ0v) is 14.7. The van der Waals surface area contributed by atoms with Crippen molar-refractivity contribution in [3.05, 3.63) is 26.7 Å². The highest BCUT2D eigenvalue weighted by atomic mass is 16.5. The fourth-order valence-corrected chi connectivity index (χ4v) is 3.50. The molecule has 0 saturated heterocycles. The molecule has 0 amide bonds. The first-order valence-corrected chi connectivity index (χ1v) is 8.86. The van der Waals surface area contributed by atoms with E-state index in [4.69, 9.17) is 0 Å². The Kier molecular flexibility index (Phi) is 5.06. The van der Waals surface area contributed by atoms with Gasteiger partial charge in [-0.05, 0) is 19.3 Å². The summed E-state index contributed by atoms with van der Waals surface area (Å²) in [5.74, 6) is 0.667. The van der Waals surface area contributed by atoms with Crippen molar-refractivity contribution in [1.29, 1.82) is 0 Å². The van der Waals surface area contributed by atoms with Gasteiger partial charge in [0.1, 0.15) is 11.3 Å². The standard InChI is InChI=1S/C17H24N4O4/c1-3-9-21-16(23)13-15(19-14(18-13)11-6-4-5-7-11)20(17(21)24)10-8-12(22)25-2/h11H,3-10H2,1-2H3,(H,18,19). The number of aromatic amines is 1. The molecule has 1 aliphatic carbocycles. The molecule has 0 aliphatic heterocycles. The number of imidazole rings is 1. The molecule has 0 spiro atoms. The van der Waals surface area contributed by atoms with E-state index in [0.717, 1.165) is 31.5 Å². The van der Waals surface area contributed by atoms with Crippen LogP contribution >= 0.6 is 0 Å². The molecule has 0 radical (unpaired) electrons. The van der Waals surface area contributed by atoms with Crippen molar-refractivity contribution in [3.8, 4) is 0 Å². The number of carbonyl (C=O) groups is 1. The van der Waals surface area contributed by atoms with E-state index < -0.39 is 11.7 Å². The van der Waals surface area contributed by atoms with E-state index in [2.05, 4.69) is 14.7 Å². The van der Waals surface area contributed by atoms with E-state index >= 15 is 0 Å². The van der Waals surface area contributed by atoms with Gasteiger partial charge in [0, 0.05) is 19.0 Å². The molecule has 2 heterocycles. The number of hydrogen-bond acceptors (Lipinski definition) is 5. The van der Waals surface area contributed by atoms with Crippen molar-refractivity contribution in [2.45, 2.75) is 64.5 Å². The molecular formula is C17H24N4O4. The number of rotatable bonds is 6. The molecule has 0 bridgehead atoms. The zero-order chi connectivity index (χ0) is 18.0. The highest BCUT2D eigenvalue weighted by Gasteiger charge is 2.24. The predicted octanol–water partition coefficient (Wildman–Crippen LogP) is 1.52. The number of aryl methyl sites for hydroxylation is 1. The first-order valence-electron chi connectivity index (χ1n) is 8.86. The summed E-state index contributed by atoms with van der Waals surface area (Å²) in [6, 6.07) is 0. The molecule has 0 unspecified atom stereocenters. The van der Waals surface area contributed by atoms with E-state index in [9.17, 15) is 14.4 Å². The Labute approximate surface area is 144 Å². The fourth-order valence-electron chi connectivity index (χ4n) is 3.50. The third-order valence-electron chi connectivity index (χ3n) is 4.84. The smallest absolute Gasteiger partial charge is 0.332 e. The van der Waals surface area contributed by atoms with E-state index in [1.165, 1.54) is 16.2 Å². The Morgan fingerprint density at radius 1 is 1.24 bits per heavy atom. The number of hydrogen-bond donors (Lipinski definition) is 1. The van der Waals surface area contributed by atoms with Gasteiger partial charge < -0.3 is 9.72 Å². The monoisotopic (exact) mass is 348 g/mol. The minimum absolute atomic E-state index is 0.0570. The van der Waals surface area contributed by atoms with Crippen LogP contribution in [0.1, 0.15) is 57.2 Å². The van der Waals surface area contributed by atoms with Crippen molar-refractivity contribution in [1.82, 2.24) is 19.1 Å². The van der Waals surface area contributed by atoms with Crippen molar-refractivity contribution in [3.63, 3.8) is 0 Å². The molecule has 1 saturated carbocycles. The van der Waals surface area contributed by atoms with E-state index in [-0.39, 0.29) is 18.5 Å². The van der Waals surface area contributed by atoms with Gasteiger partial charge in [0.15, 0.2) is 5.65 Å². The van der Waals surface area contributed by atoms with Crippen LogP contribution in [-0.4, -0.2) is 32.2 Å². The lowest BCUT2D eigenvalue weighted by Gasteiger charge is -2.10. The molecule has 1 N–H and O–H groups in total. The number of aromatic nitrogens is 4. The number of nitrogens with zero attached hydrogens (tertiary/aromatic N) is 3. The molecule has 1 fully saturated rings. The third kappa shape index (κ3) is 3.25. The van der Waals surface area contributed by atoms with Gasteiger partial charge in [-0.2, -0.15) is 0 Å². The highest BCUT2D eigenvalue weighted by Crippen LogP contribution is 2.32. The van der Waals surface area contributed by atoms with Crippen LogP contribution in [0, 0.1) is 0 Å². The quantitative estimate of drug-likeness (QED) is 0.798. The number of nitrogens with one attached hydrogen (secondary N) is 1. The van der Waals surface area contributed by atoms with Crippen molar-refractivity contribution < 1.29 is 9.53 Å². The minimum atomic E-state index is -0.423. The van der Waals surface area contributed by atoms with Gasteiger partial charge in [-0.3, -0.25) is 18.7 Å². The Bertz CT molecular complexity index is 886. The second kappa shape index (κ2) is 7.25. The fraction of sp³-hybridized carbons (Fsp3) is 0.647. The van der Waals surface area contributed by atoms with E-state index in [0.29, 0.717) is 30.0 Å². The minimum Gasteiger partial charge on any atom is -0.469 e. The van der Waals surface area contributed by atoms with Gasteiger partial charge in [-0.1, -0.05) is 19.8 Å². The van der Waals surface area contributed by atoms with Crippen LogP contribution in [0.3, 0.4) is 0 Å². The normalized spacial score (nSPS) is 15.1. The summed E-state index contributed by atoms with van der Waals surface area (Å²) in [5.41, 5.74) is -0.0754. The largest absolute Gasteiger partial charge is 0.469 e. The first-order chi connectivity index (χ1) is 12.1. The SMILES string of the molecule is CCCn1c(=O)c2[nH]c(C3CCCC3)nc2n(CCC(=O)OC)c1=O. The summed E-state index contributed by atoms with van der Waals surface area (Å²) >= 11 is 0. The van der Waals surface area contributed by atoms with Gasteiger partial charge in [-0.25, -0.2) is 9.78 Å². The molecule has 8 heteroatoms. The molecule has 2 aromatic rings. The lowest BCUT2D eigenvalue weighted by atomic mass is 10.1. The molecule has 3 rings (SSSR count). The van der Waals surface area contributed by atoms with Crippen LogP contribution in [0.4, 0.5) is 0 Å². The number of methoxy groups -OCH3 is 1. The molecule has 8 nitrogen and oxygen atoms in total. The number of H-pyrrole nitrogens is 1. The number of ether oxygens (including phenoxy) is 1. The number of esters is 1. The maximum atomic E-state index is 12.7. The van der Waals surface area contributed by atoms with Gasteiger partial charge in [0.2, 0.25) is 0 Å². The molecule has 0 atom stereocenters. The molecule has 1 aliphatic rings. The van der Waals surface area contributed by atoms with Gasteiger partial charge in [0.25, 0.3) is 5.56 Å². The van der Waals surface area contributed by atoms with Gasteiger partial charge in [0.05, 0.1) is 13.5 Å².